The van der Waals surface area contributed by atoms with Crippen LogP contribution in [0.5, 0.6) is 17.2 Å². The summed E-state index contributed by atoms with van der Waals surface area (Å²) in [4.78, 5) is 24.5. The highest BCUT2D eigenvalue weighted by Gasteiger charge is 2.21. The molecular formula is C20H18N2O6. The van der Waals surface area contributed by atoms with Gasteiger partial charge in [-0.2, -0.15) is 0 Å². The van der Waals surface area contributed by atoms with Crippen molar-refractivity contribution in [2.75, 3.05) is 13.9 Å². The normalized spacial score (nSPS) is 12.2. The van der Waals surface area contributed by atoms with Gasteiger partial charge in [-0.25, -0.2) is 9.48 Å². The van der Waals surface area contributed by atoms with Gasteiger partial charge in [0.15, 0.2) is 11.5 Å². The Balaban J connectivity index is 1.67. The van der Waals surface area contributed by atoms with Gasteiger partial charge in [0.1, 0.15) is 11.4 Å². The number of nitrogens with one attached hydrogen (secondary N) is 1. The molecule has 8 nitrogen and oxygen atoms in total. The molecule has 1 aliphatic heterocycles. The van der Waals surface area contributed by atoms with Crippen LogP contribution < -0.4 is 19.8 Å². The second-order valence-corrected chi connectivity index (χ2v) is 6.38. The maximum atomic E-state index is 12.9. The molecule has 28 heavy (non-hydrogen) atoms. The number of carbonyl (C=O) groups is 1. The summed E-state index contributed by atoms with van der Waals surface area (Å²) in [5.74, 6) is 0.696. The van der Waals surface area contributed by atoms with Crippen molar-refractivity contribution >= 4 is 5.97 Å². The van der Waals surface area contributed by atoms with Gasteiger partial charge in [-0.15, -0.1) is 0 Å². The van der Waals surface area contributed by atoms with Crippen molar-refractivity contribution in [3.8, 4) is 17.2 Å². The monoisotopic (exact) mass is 382 g/mol. The van der Waals surface area contributed by atoms with Crippen molar-refractivity contribution in [1.82, 2.24) is 9.78 Å². The average molecular weight is 382 g/mol. The van der Waals surface area contributed by atoms with Gasteiger partial charge in [0.2, 0.25) is 6.79 Å². The Kier molecular flexibility index (Phi) is 4.52. The van der Waals surface area contributed by atoms with Crippen LogP contribution in [0.1, 0.15) is 27.2 Å². The first-order chi connectivity index (χ1) is 13.5. The average Bonchev–Trinajstić information content (AvgIpc) is 3.28. The predicted molar refractivity (Wildman–Crippen MR) is 99.5 cm³/mol. The Morgan fingerprint density at radius 3 is 2.79 bits per heavy atom. The van der Waals surface area contributed by atoms with Crippen molar-refractivity contribution in [2.45, 2.75) is 13.0 Å². The standard InChI is InChI=1S/C20H18N2O6/c1-26-14-4-2-3-13(7-14)10-22-19(23)15(18(21-22)20(24)25)8-12-5-6-16-17(9-12)28-11-27-16/h2-7,9,21H,8,10-11H2,1H3,(H,24,25). The van der Waals surface area contributed by atoms with Gasteiger partial charge in [0, 0.05) is 6.42 Å². The Hall–Kier alpha value is -3.68. The Bertz CT molecular complexity index is 1100. The van der Waals surface area contributed by atoms with E-state index in [-0.39, 0.29) is 36.6 Å². The summed E-state index contributed by atoms with van der Waals surface area (Å²) >= 11 is 0. The molecule has 0 spiro atoms. The molecule has 144 valence electrons. The molecule has 0 fully saturated rings. The van der Waals surface area contributed by atoms with Gasteiger partial charge >= 0.3 is 5.97 Å². The Morgan fingerprint density at radius 2 is 2.00 bits per heavy atom. The van der Waals surface area contributed by atoms with Gasteiger partial charge in [-0.1, -0.05) is 18.2 Å². The van der Waals surface area contributed by atoms with E-state index in [9.17, 15) is 14.7 Å². The summed E-state index contributed by atoms with van der Waals surface area (Å²) in [6.07, 6.45) is 0.165. The molecule has 0 aliphatic carbocycles. The summed E-state index contributed by atoms with van der Waals surface area (Å²) in [6.45, 7) is 0.355. The summed E-state index contributed by atoms with van der Waals surface area (Å²) in [5, 5.41) is 12.3. The molecule has 0 saturated carbocycles. The third-order valence-corrected chi connectivity index (χ3v) is 4.56. The molecule has 0 atom stereocenters. The molecular weight excluding hydrogens is 364 g/mol. The van der Waals surface area contributed by atoms with Crippen molar-refractivity contribution in [1.29, 1.82) is 0 Å². The third kappa shape index (κ3) is 3.32. The number of benzene rings is 2. The lowest BCUT2D eigenvalue weighted by atomic mass is 10.0. The van der Waals surface area contributed by atoms with Crippen molar-refractivity contribution in [3.63, 3.8) is 0 Å². The molecule has 2 N–H and O–H groups in total. The molecule has 0 radical (unpaired) electrons. The fourth-order valence-electron chi connectivity index (χ4n) is 3.18. The number of aromatic carboxylic acids is 1. The van der Waals surface area contributed by atoms with E-state index in [1.54, 1.807) is 37.4 Å². The number of ether oxygens (including phenoxy) is 3. The van der Waals surface area contributed by atoms with Crippen LogP contribution in [-0.4, -0.2) is 34.8 Å². The number of methoxy groups -OCH3 is 1. The van der Waals surface area contributed by atoms with Crippen LogP contribution in [0.15, 0.2) is 47.3 Å². The number of aromatic amines is 1. The molecule has 0 saturated heterocycles. The molecule has 4 rings (SSSR count). The van der Waals surface area contributed by atoms with Crippen molar-refractivity contribution in [3.05, 3.63) is 75.2 Å². The second-order valence-electron chi connectivity index (χ2n) is 6.38. The fraction of sp³-hybridized carbons (Fsp3) is 0.200. The van der Waals surface area contributed by atoms with E-state index in [1.807, 2.05) is 12.1 Å². The summed E-state index contributed by atoms with van der Waals surface area (Å²) in [5.41, 5.74) is 1.27. The molecule has 8 heteroatoms. The zero-order valence-electron chi connectivity index (χ0n) is 15.1. The van der Waals surface area contributed by atoms with Gasteiger partial charge in [0.25, 0.3) is 5.56 Å². The highest BCUT2D eigenvalue weighted by Crippen LogP contribution is 2.33. The molecule has 1 aliphatic rings. The maximum absolute atomic E-state index is 12.9. The van der Waals surface area contributed by atoms with E-state index in [1.165, 1.54) is 4.68 Å². The first-order valence-electron chi connectivity index (χ1n) is 8.61. The van der Waals surface area contributed by atoms with Gasteiger partial charge in [0.05, 0.1) is 19.2 Å². The lowest BCUT2D eigenvalue weighted by molar-refractivity contribution is 0.0688. The first kappa shape index (κ1) is 17.7. The third-order valence-electron chi connectivity index (χ3n) is 4.56. The van der Waals surface area contributed by atoms with E-state index in [2.05, 4.69) is 5.10 Å². The number of fused-ring (bicyclic) bond motifs is 1. The van der Waals surface area contributed by atoms with Crippen LogP contribution in [-0.2, 0) is 13.0 Å². The lowest BCUT2D eigenvalue weighted by Crippen LogP contribution is -2.20. The number of hydrogen-bond acceptors (Lipinski definition) is 5. The van der Waals surface area contributed by atoms with E-state index >= 15 is 0 Å². The Morgan fingerprint density at radius 1 is 1.18 bits per heavy atom. The SMILES string of the molecule is COc1cccc(Cn2[nH]c(C(=O)O)c(Cc3ccc4c(c3)OCO4)c2=O)c1. The van der Waals surface area contributed by atoms with Crippen LogP contribution in [0, 0.1) is 0 Å². The minimum absolute atomic E-state index is 0.120. The number of rotatable bonds is 6. The van der Waals surface area contributed by atoms with Crippen LogP contribution in [0.2, 0.25) is 0 Å². The smallest absolute Gasteiger partial charge is 0.354 e. The summed E-state index contributed by atoms with van der Waals surface area (Å²) in [7, 11) is 1.56. The second kappa shape index (κ2) is 7.15. The van der Waals surface area contributed by atoms with E-state index < -0.39 is 5.97 Å². The number of aromatic nitrogens is 2. The number of H-pyrrole nitrogens is 1. The lowest BCUT2D eigenvalue weighted by Gasteiger charge is -2.05. The van der Waals surface area contributed by atoms with Crippen LogP contribution in [0.25, 0.3) is 0 Å². The molecule has 1 aromatic heterocycles. The summed E-state index contributed by atoms with van der Waals surface area (Å²) < 4.78 is 17.1. The fourth-order valence-corrected chi connectivity index (χ4v) is 3.18. The Labute approximate surface area is 159 Å². The van der Waals surface area contributed by atoms with E-state index in [4.69, 9.17) is 14.2 Å². The number of hydrogen-bond donors (Lipinski definition) is 2. The summed E-state index contributed by atoms with van der Waals surface area (Å²) in [6, 6.07) is 12.5. The van der Waals surface area contributed by atoms with Crippen molar-refractivity contribution in [2.24, 2.45) is 0 Å². The zero-order chi connectivity index (χ0) is 19.7. The minimum atomic E-state index is -1.18. The number of nitrogens with zero attached hydrogens (tertiary/aromatic N) is 1. The van der Waals surface area contributed by atoms with Crippen LogP contribution >= 0.6 is 0 Å². The topological polar surface area (TPSA) is 103 Å². The molecule has 0 unspecified atom stereocenters. The highest BCUT2D eigenvalue weighted by molar-refractivity contribution is 5.87. The van der Waals surface area contributed by atoms with Gasteiger partial charge < -0.3 is 19.3 Å². The molecule has 0 amide bonds. The first-order valence-corrected chi connectivity index (χ1v) is 8.61. The van der Waals surface area contributed by atoms with Crippen LogP contribution in [0.4, 0.5) is 0 Å². The molecule has 0 bridgehead atoms. The molecule has 2 heterocycles. The van der Waals surface area contributed by atoms with Gasteiger partial charge in [-0.05, 0) is 35.4 Å². The van der Waals surface area contributed by atoms with Crippen molar-refractivity contribution < 1.29 is 24.1 Å². The predicted octanol–water partition coefficient (Wildman–Crippen LogP) is 2.25. The van der Waals surface area contributed by atoms with E-state index in [0.717, 1.165) is 11.1 Å². The quantitative estimate of drug-likeness (QED) is 0.678. The number of carboxylic acid groups (broad SMARTS) is 1. The minimum Gasteiger partial charge on any atom is -0.497 e. The van der Waals surface area contributed by atoms with Crippen LogP contribution in [0.3, 0.4) is 0 Å². The zero-order valence-corrected chi connectivity index (χ0v) is 15.1. The van der Waals surface area contributed by atoms with Gasteiger partial charge in [-0.3, -0.25) is 9.89 Å². The number of carboxylic acids is 1. The maximum Gasteiger partial charge on any atom is 0.354 e. The highest BCUT2D eigenvalue weighted by atomic mass is 16.7. The molecule has 2 aromatic carbocycles. The van der Waals surface area contributed by atoms with E-state index in [0.29, 0.717) is 17.2 Å². The largest absolute Gasteiger partial charge is 0.497 e. The molecule has 3 aromatic rings.